The zero-order valence-corrected chi connectivity index (χ0v) is 12.7. The van der Waals surface area contributed by atoms with Crippen LogP contribution in [0, 0.1) is 0 Å². The molecule has 1 saturated carbocycles. The zero-order valence-electron chi connectivity index (χ0n) is 11.1. The molecule has 0 bridgehead atoms. The van der Waals surface area contributed by atoms with Crippen molar-refractivity contribution < 1.29 is 8.42 Å². The Morgan fingerprint density at radius 2 is 2.05 bits per heavy atom. The first kappa shape index (κ1) is 14.8. The van der Waals surface area contributed by atoms with E-state index < -0.39 is 10.0 Å². The summed E-state index contributed by atoms with van der Waals surface area (Å²) in [5, 5.41) is 3.73. The third-order valence-electron chi connectivity index (χ3n) is 2.93. The van der Waals surface area contributed by atoms with Crippen molar-refractivity contribution in [3.63, 3.8) is 0 Å². The molecule has 0 saturated heterocycles. The predicted octanol–water partition coefficient (Wildman–Crippen LogP) is 2.28. The standard InChI is InChI=1S/C13H19ClN2O2S/c1-9(2)15-8-10-3-6-12(7-13(10)14)19(17,18)16-11-4-5-11/h3,6-7,9,11,15-16H,4-5,8H2,1-2H3. The van der Waals surface area contributed by atoms with E-state index in [4.69, 9.17) is 11.6 Å². The number of halogens is 1. The fraction of sp³-hybridized carbons (Fsp3) is 0.538. The molecule has 0 aromatic heterocycles. The quantitative estimate of drug-likeness (QED) is 0.847. The molecule has 0 heterocycles. The van der Waals surface area contributed by atoms with Gasteiger partial charge in [0, 0.05) is 23.7 Å². The molecule has 2 N–H and O–H groups in total. The van der Waals surface area contributed by atoms with Gasteiger partial charge in [-0.3, -0.25) is 0 Å². The largest absolute Gasteiger partial charge is 0.310 e. The van der Waals surface area contributed by atoms with E-state index in [1.807, 2.05) is 13.8 Å². The molecule has 0 spiro atoms. The van der Waals surface area contributed by atoms with E-state index in [0.29, 0.717) is 17.6 Å². The highest BCUT2D eigenvalue weighted by Crippen LogP contribution is 2.25. The molecular weight excluding hydrogens is 284 g/mol. The molecule has 1 aliphatic rings. The Hall–Kier alpha value is -0.620. The maximum Gasteiger partial charge on any atom is 0.240 e. The molecule has 0 radical (unpaired) electrons. The van der Waals surface area contributed by atoms with Gasteiger partial charge in [0.05, 0.1) is 4.90 Å². The second-order valence-electron chi connectivity index (χ2n) is 5.18. The lowest BCUT2D eigenvalue weighted by molar-refractivity contribution is 0.579. The number of hydrogen-bond donors (Lipinski definition) is 2. The first-order chi connectivity index (χ1) is 8.88. The summed E-state index contributed by atoms with van der Waals surface area (Å²) in [6.07, 6.45) is 1.84. The molecule has 2 rings (SSSR count). The normalized spacial score (nSPS) is 16.0. The summed E-state index contributed by atoms with van der Waals surface area (Å²) in [4.78, 5) is 0.234. The van der Waals surface area contributed by atoms with Gasteiger partial charge in [-0.2, -0.15) is 0 Å². The van der Waals surface area contributed by atoms with Crippen LogP contribution in [0.2, 0.25) is 5.02 Å². The maximum atomic E-state index is 12.0. The third kappa shape index (κ3) is 4.18. The number of benzene rings is 1. The monoisotopic (exact) mass is 302 g/mol. The second kappa shape index (κ2) is 5.79. The van der Waals surface area contributed by atoms with Crippen molar-refractivity contribution in [3.8, 4) is 0 Å². The summed E-state index contributed by atoms with van der Waals surface area (Å²) in [5.41, 5.74) is 0.903. The van der Waals surface area contributed by atoms with E-state index in [9.17, 15) is 8.42 Å². The Balaban J connectivity index is 2.13. The molecule has 6 heteroatoms. The van der Waals surface area contributed by atoms with Gasteiger partial charge in [-0.15, -0.1) is 0 Å². The van der Waals surface area contributed by atoms with Crippen molar-refractivity contribution in [1.29, 1.82) is 0 Å². The molecule has 0 aliphatic heterocycles. The van der Waals surface area contributed by atoms with Crippen LogP contribution in [0.25, 0.3) is 0 Å². The number of hydrogen-bond acceptors (Lipinski definition) is 3. The minimum Gasteiger partial charge on any atom is -0.310 e. The molecule has 0 amide bonds. The lowest BCUT2D eigenvalue weighted by Gasteiger charge is -2.11. The highest BCUT2D eigenvalue weighted by Gasteiger charge is 2.28. The van der Waals surface area contributed by atoms with Gasteiger partial charge in [-0.1, -0.05) is 31.5 Å². The average molecular weight is 303 g/mol. The SMILES string of the molecule is CC(C)NCc1ccc(S(=O)(=O)NC2CC2)cc1Cl. The lowest BCUT2D eigenvalue weighted by Crippen LogP contribution is -2.26. The van der Waals surface area contributed by atoms with E-state index in [1.54, 1.807) is 12.1 Å². The molecule has 0 atom stereocenters. The second-order valence-corrected chi connectivity index (χ2v) is 7.31. The van der Waals surface area contributed by atoms with Crippen molar-refractivity contribution in [2.24, 2.45) is 0 Å². The van der Waals surface area contributed by atoms with Crippen molar-refractivity contribution in [3.05, 3.63) is 28.8 Å². The summed E-state index contributed by atoms with van der Waals surface area (Å²) in [5.74, 6) is 0. The molecule has 19 heavy (non-hydrogen) atoms. The van der Waals surface area contributed by atoms with Crippen molar-refractivity contribution in [1.82, 2.24) is 10.0 Å². The molecular formula is C13H19ClN2O2S. The van der Waals surface area contributed by atoms with Gasteiger partial charge in [0.15, 0.2) is 0 Å². The van der Waals surface area contributed by atoms with E-state index in [-0.39, 0.29) is 10.9 Å². The Morgan fingerprint density at radius 1 is 1.37 bits per heavy atom. The summed E-state index contributed by atoms with van der Waals surface area (Å²) >= 11 is 6.14. The topological polar surface area (TPSA) is 58.2 Å². The van der Waals surface area contributed by atoms with Crippen molar-refractivity contribution in [2.45, 2.75) is 50.2 Å². The highest BCUT2D eigenvalue weighted by atomic mass is 35.5. The molecule has 1 aromatic rings. The first-order valence-electron chi connectivity index (χ1n) is 6.42. The predicted molar refractivity (Wildman–Crippen MR) is 76.8 cm³/mol. The maximum absolute atomic E-state index is 12.0. The van der Waals surface area contributed by atoms with Gasteiger partial charge >= 0.3 is 0 Å². The fourth-order valence-electron chi connectivity index (χ4n) is 1.64. The van der Waals surface area contributed by atoms with Crippen LogP contribution in [-0.2, 0) is 16.6 Å². The van der Waals surface area contributed by atoms with Crippen LogP contribution >= 0.6 is 11.6 Å². The smallest absolute Gasteiger partial charge is 0.240 e. The van der Waals surface area contributed by atoms with Crippen LogP contribution in [0.1, 0.15) is 32.3 Å². The lowest BCUT2D eigenvalue weighted by atomic mass is 10.2. The van der Waals surface area contributed by atoms with Crippen LogP contribution in [0.15, 0.2) is 23.1 Å². The molecule has 1 aliphatic carbocycles. The molecule has 1 fully saturated rings. The Morgan fingerprint density at radius 3 is 2.58 bits per heavy atom. The zero-order chi connectivity index (χ0) is 14.0. The Labute approximate surface area is 119 Å². The van der Waals surface area contributed by atoms with Gasteiger partial charge in [0.2, 0.25) is 10.0 Å². The summed E-state index contributed by atoms with van der Waals surface area (Å²) in [6.45, 7) is 4.73. The molecule has 1 aromatic carbocycles. The van der Waals surface area contributed by atoms with Gasteiger partial charge in [0.1, 0.15) is 0 Å². The average Bonchev–Trinajstić information content (AvgIpc) is 3.10. The first-order valence-corrected chi connectivity index (χ1v) is 8.29. The van der Waals surface area contributed by atoms with Crippen LogP contribution in [0.3, 0.4) is 0 Å². The number of rotatable bonds is 6. The van der Waals surface area contributed by atoms with Crippen LogP contribution in [0.5, 0.6) is 0 Å². The Kier molecular flexibility index (Phi) is 4.50. The van der Waals surface area contributed by atoms with Crippen molar-refractivity contribution >= 4 is 21.6 Å². The molecule has 106 valence electrons. The van der Waals surface area contributed by atoms with E-state index >= 15 is 0 Å². The Bertz CT molecular complexity index is 554. The number of nitrogens with one attached hydrogen (secondary N) is 2. The molecule has 0 unspecified atom stereocenters. The van der Waals surface area contributed by atoms with Crippen molar-refractivity contribution in [2.75, 3.05) is 0 Å². The highest BCUT2D eigenvalue weighted by molar-refractivity contribution is 7.89. The van der Waals surface area contributed by atoms with E-state index in [1.165, 1.54) is 6.07 Å². The summed E-state index contributed by atoms with van der Waals surface area (Å²) in [7, 11) is -3.42. The molecule has 4 nitrogen and oxygen atoms in total. The van der Waals surface area contributed by atoms with Crippen LogP contribution in [-0.4, -0.2) is 20.5 Å². The van der Waals surface area contributed by atoms with Gasteiger partial charge in [-0.25, -0.2) is 13.1 Å². The third-order valence-corrected chi connectivity index (χ3v) is 4.80. The minimum atomic E-state index is -3.42. The van der Waals surface area contributed by atoms with E-state index in [0.717, 1.165) is 18.4 Å². The minimum absolute atomic E-state index is 0.103. The van der Waals surface area contributed by atoms with Crippen LogP contribution in [0.4, 0.5) is 0 Å². The summed E-state index contributed by atoms with van der Waals surface area (Å²) < 4.78 is 26.7. The van der Waals surface area contributed by atoms with E-state index in [2.05, 4.69) is 10.0 Å². The summed E-state index contributed by atoms with van der Waals surface area (Å²) in [6, 6.07) is 5.35. The van der Waals surface area contributed by atoms with Crippen LogP contribution < -0.4 is 10.0 Å². The van der Waals surface area contributed by atoms with Gasteiger partial charge in [0.25, 0.3) is 0 Å². The van der Waals surface area contributed by atoms with Gasteiger partial charge < -0.3 is 5.32 Å². The number of sulfonamides is 1. The van der Waals surface area contributed by atoms with Gasteiger partial charge in [-0.05, 0) is 30.5 Å². The fourth-order valence-corrected chi connectivity index (χ4v) is 3.28.